The van der Waals surface area contributed by atoms with E-state index in [4.69, 9.17) is 16.3 Å². The van der Waals surface area contributed by atoms with Gasteiger partial charge in [0.25, 0.3) is 0 Å². The average molecular weight is 413 g/mol. The van der Waals surface area contributed by atoms with Crippen LogP contribution in [0, 0.1) is 6.92 Å². The van der Waals surface area contributed by atoms with Crippen LogP contribution >= 0.6 is 22.9 Å². The number of ether oxygens (including phenoxy) is 1. The van der Waals surface area contributed by atoms with Crippen molar-refractivity contribution in [2.45, 2.75) is 26.5 Å². The van der Waals surface area contributed by atoms with Gasteiger partial charge in [-0.3, -0.25) is 4.79 Å². The highest BCUT2D eigenvalue weighted by Gasteiger charge is 2.10. The summed E-state index contributed by atoms with van der Waals surface area (Å²) in [6.45, 7) is 4.28. The Hall–Kier alpha value is -2.63. The maximum atomic E-state index is 12.1. The maximum absolute atomic E-state index is 12.1. The molecule has 6 heteroatoms. The van der Waals surface area contributed by atoms with Gasteiger partial charge < -0.3 is 10.1 Å². The molecule has 2 aromatic carbocycles. The molecule has 1 atom stereocenters. The summed E-state index contributed by atoms with van der Waals surface area (Å²) in [6.07, 6.45) is 3.29. The van der Waals surface area contributed by atoms with E-state index in [9.17, 15) is 4.79 Å². The van der Waals surface area contributed by atoms with Crippen molar-refractivity contribution in [3.8, 4) is 5.75 Å². The maximum Gasteiger partial charge on any atom is 0.244 e. The fraction of sp³-hybridized carbons (Fsp3) is 0.182. The Balaban J connectivity index is 1.51. The second-order valence-corrected chi connectivity index (χ2v) is 7.77. The Morgan fingerprint density at radius 3 is 2.68 bits per heavy atom. The molecule has 0 aliphatic heterocycles. The first-order chi connectivity index (χ1) is 13.5. The number of benzene rings is 2. The van der Waals surface area contributed by atoms with Gasteiger partial charge in [-0.15, -0.1) is 11.3 Å². The Bertz CT molecular complexity index is 967. The number of thiazole rings is 1. The minimum Gasteiger partial charge on any atom is -0.489 e. The van der Waals surface area contributed by atoms with E-state index in [1.54, 1.807) is 17.4 Å². The summed E-state index contributed by atoms with van der Waals surface area (Å²) in [5.74, 6) is 0.589. The minimum atomic E-state index is -0.155. The van der Waals surface area contributed by atoms with Gasteiger partial charge >= 0.3 is 0 Å². The fourth-order valence-corrected chi connectivity index (χ4v) is 3.43. The normalized spacial score (nSPS) is 12.1. The first kappa shape index (κ1) is 20.1. The van der Waals surface area contributed by atoms with E-state index >= 15 is 0 Å². The van der Waals surface area contributed by atoms with Crippen LogP contribution in [0.1, 0.15) is 34.8 Å². The second-order valence-electron chi connectivity index (χ2n) is 6.30. The first-order valence-corrected chi connectivity index (χ1v) is 10.1. The Labute approximate surface area is 173 Å². The van der Waals surface area contributed by atoms with Gasteiger partial charge in [-0.1, -0.05) is 41.9 Å². The van der Waals surface area contributed by atoms with Gasteiger partial charge in [-0.25, -0.2) is 4.98 Å². The molecule has 0 saturated carbocycles. The molecule has 1 amide bonds. The number of hydrogen-bond acceptors (Lipinski definition) is 4. The molecule has 0 spiro atoms. The number of carbonyl (C=O) groups excluding carboxylic acids is 1. The van der Waals surface area contributed by atoms with E-state index in [0.29, 0.717) is 11.6 Å². The third-order valence-electron chi connectivity index (χ3n) is 4.10. The standard InChI is InChI=1S/C22H21ClN2O2S/c1-15(21-14-28-16(2)25-21)24-22(26)12-9-17-7-10-19(11-8-17)27-13-18-5-3-4-6-20(18)23/h3-12,14-15H,13H2,1-2H3,(H,24,26)/b12-9+. The molecular weight excluding hydrogens is 392 g/mol. The monoisotopic (exact) mass is 412 g/mol. The molecule has 0 fully saturated rings. The quantitative estimate of drug-likeness (QED) is 0.516. The number of amides is 1. The van der Waals surface area contributed by atoms with Crippen molar-refractivity contribution in [3.05, 3.63) is 86.8 Å². The summed E-state index contributed by atoms with van der Waals surface area (Å²) in [7, 11) is 0. The molecule has 3 rings (SSSR count). The third-order valence-corrected chi connectivity index (χ3v) is 5.26. The highest BCUT2D eigenvalue weighted by Crippen LogP contribution is 2.19. The molecule has 1 heterocycles. The number of aryl methyl sites for hydroxylation is 1. The number of nitrogens with one attached hydrogen (secondary N) is 1. The Kier molecular flexibility index (Phi) is 6.85. The topological polar surface area (TPSA) is 51.2 Å². The zero-order valence-electron chi connectivity index (χ0n) is 15.7. The highest BCUT2D eigenvalue weighted by atomic mass is 35.5. The van der Waals surface area contributed by atoms with E-state index < -0.39 is 0 Å². The second kappa shape index (κ2) is 9.53. The van der Waals surface area contributed by atoms with Gasteiger partial charge in [0.15, 0.2) is 0 Å². The molecule has 28 heavy (non-hydrogen) atoms. The van der Waals surface area contributed by atoms with E-state index in [-0.39, 0.29) is 11.9 Å². The molecule has 1 unspecified atom stereocenters. The largest absolute Gasteiger partial charge is 0.489 e. The molecule has 4 nitrogen and oxygen atoms in total. The molecule has 1 N–H and O–H groups in total. The number of halogens is 1. The van der Waals surface area contributed by atoms with Crippen molar-refractivity contribution in [2.24, 2.45) is 0 Å². The Morgan fingerprint density at radius 2 is 2.00 bits per heavy atom. The van der Waals surface area contributed by atoms with Crippen molar-refractivity contribution in [3.63, 3.8) is 0 Å². The number of hydrogen-bond donors (Lipinski definition) is 1. The molecule has 0 bridgehead atoms. The third kappa shape index (κ3) is 5.68. The highest BCUT2D eigenvalue weighted by molar-refractivity contribution is 7.09. The van der Waals surface area contributed by atoms with Crippen molar-refractivity contribution < 1.29 is 9.53 Å². The van der Waals surface area contributed by atoms with Crippen molar-refractivity contribution >= 4 is 34.9 Å². The minimum absolute atomic E-state index is 0.123. The number of aromatic nitrogens is 1. The first-order valence-electron chi connectivity index (χ1n) is 8.88. The number of rotatable bonds is 7. The number of carbonyl (C=O) groups is 1. The van der Waals surface area contributed by atoms with Gasteiger partial charge in [0.05, 0.1) is 16.7 Å². The van der Waals surface area contributed by atoms with Gasteiger partial charge in [-0.2, -0.15) is 0 Å². The van der Waals surface area contributed by atoms with Gasteiger partial charge in [-0.05, 0) is 43.7 Å². The summed E-state index contributed by atoms with van der Waals surface area (Å²) in [5.41, 5.74) is 2.73. The van der Waals surface area contributed by atoms with E-state index in [2.05, 4.69) is 10.3 Å². The molecule has 144 valence electrons. The summed E-state index contributed by atoms with van der Waals surface area (Å²) in [4.78, 5) is 16.5. The zero-order valence-corrected chi connectivity index (χ0v) is 17.3. The van der Waals surface area contributed by atoms with E-state index in [1.807, 2.05) is 67.8 Å². The van der Waals surface area contributed by atoms with Crippen molar-refractivity contribution in [1.82, 2.24) is 10.3 Å². The lowest BCUT2D eigenvalue weighted by Gasteiger charge is -2.09. The van der Waals surface area contributed by atoms with Crippen LogP contribution in [0.3, 0.4) is 0 Å². The molecule has 3 aromatic rings. The van der Waals surface area contributed by atoms with Gasteiger partial charge in [0.1, 0.15) is 12.4 Å². The Morgan fingerprint density at radius 1 is 1.25 bits per heavy atom. The van der Waals surface area contributed by atoms with Crippen LogP contribution in [0.15, 0.2) is 60.0 Å². The predicted octanol–water partition coefficient (Wildman–Crippen LogP) is 5.57. The lowest BCUT2D eigenvalue weighted by Crippen LogP contribution is -2.24. The van der Waals surface area contributed by atoms with Crippen LogP contribution < -0.4 is 10.1 Å². The van der Waals surface area contributed by atoms with Crippen molar-refractivity contribution in [2.75, 3.05) is 0 Å². The lowest BCUT2D eigenvalue weighted by atomic mass is 10.2. The van der Waals surface area contributed by atoms with Crippen LogP contribution in [0.5, 0.6) is 5.75 Å². The summed E-state index contributed by atoms with van der Waals surface area (Å²) < 4.78 is 5.76. The van der Waals surface area contributed by atoms with Crippen molar-refractivity contribution in [1.29, 1.82) is 0 Å². The predicted molar refractivity (Wildman–Crippen MR) is 115 cm³/mol. The lowest BCUT2D eigenvalue weighted by molar-refractivity contribution is -0.117. The molecule has 0 radical (unpaired) electrons. The molecular formula is C22H21ClN2O2S. The van der Waals surface area contributed by atoms with Crippen LogP contribution in [0.2, 0.25) is 5.02 Å². The van der Waals surface area contributed by atoms with Crippen LogP contribution in [0.4, 0.5) is 0 Å². The van der Waals surface area contributed by atoms with Gasteiger partial charge in [0.2, 0.25) is 5.91 Å². The summed E-state index contributed by atoms with van der Waals surface area (Å²) in [5, 5.41) is 6.56. The molecule has 0 aliphatic rings. The zero-order chi connectivity index (χ0) is 19.9. The summed E-state index contributed by atoms with van der Waals surface area (Å²) >= 11 is 7.71. The molecule has 0 aliphatic carbocycles. The molecule has 0 saturated heterocycles. The van der Waals surface area contributed by atoms with Crippen LogP contribution in [-0.2, 0) is 11.4 Å². The molecule has 1 aromatic heterocycles. The van der Waals surface area contributed by atoms with E-state index in [1.165, 1.54) is 6.08 Å². The fourth-order valence-electron chi connectivity index (χ4n) is 2.54. The van der Waals surface area contributed by atoms with Crippen LogP contribution in [-0.4, -0.2) is 10.9 Å². The summed E-state index contributed by atoms with van der Waals surface area (Å²) in [6, 6.07) is 15.0. The SMILES string of the molecule is Cc1nc(C(C)NC(=O)/C=C/c2ccc(OCc3ccccc3Cl)cc2)cs1. The number of nitrogens with zero attached hydrogens (tertiary/aromatic N) is 1. The average Bonchev–Trinajstić information content (AvgIpc) is 3.13. The van der Waals surface area contributed by atoms with Gasteiger partial charge in [0, 0.05) is 22.0 Å². The van der Waals surface area contributed by atoms with Crippen LogP contribution in [0.25, 0.3) is 6.08 Å². The van der Waals surface area contributed by atoms with E-state index in [0.717, 1.165) is 27.6 Å². The smallest absolute Gasteiger partial charge is 0.244 e.